The first-order valence-corrected chi connectivity index (χ1v) is 17.1. The summed E-state index contributed by atoms with van der Waals surface area (Å²) in [4.78, 5) is 10.7. The molecule has 0 aliphatic carbocycles. The molecule has 45 heavy (non-hydrogen) atoms. The first kappa shape index (κ1) is 55.9. The maximum absolute atomic E-state index is 10.7. The first-order valence-electron chi connectivity index (χ1n) is 8.74. The smallest absolute Gasteiger partial charge is 0.394 e. The van der Waals surface area contributed by atoms with Crippen molar-refractivity contribution in [1.82, 2.24) is 5.32 Å². The Labute approximate surface area is 252 Å². The number of carbonyl (C=O) groups excluding carboxylic acids is 1. The fraction of sp³-hybridized carbons (Fsp3) is 0.875. The molecule has 1 unspecified atom stereocenters. The van der Waals surface area contributed by atoms with E-state index in [9.17, 15) is 20.1 Å². The van der Waals surface area contributed by atoms with Gasteiger partial charge in [-0.1, -0.05) is 0 Å². The molecule has 1 aliphatic rings. The first-order chi connectivity index (χ1) is 19.0. The van der Waals surface area contributed by atoms with Crippen LogP contribution in [0.1, 0.15) is 6.92 Å². The Morgan fingerprint density at radius 3 is 0.889 bits per heavy atom. The SMILES string of the molecule is CC(=O)N[C@H]1C(O)O[C@H](CO)[C@H](O)[C@@H]1O.O=S(=O)(O)O.O=S(=O)(O)O.O=S(=O)(O)O.O=S(=O)(O)O.O=S(=O)(O)O.O=S(=O)(O)O. The molecule has 5 atom stereocenters. The molecule has 31 nitrogen and oxygen atoms in total. The van der Waals surface area contributed by atoms with Gasteiger partial charge in [0.1, 0.15) is 24.4 Å². The Bertz CT molecular complexity index is 1180. The van der Waals surface area contributed by atoms with Crippen molar-refractivity contribution >= 4 is 68.3 Å². The van der Waals surface area contributed by atoms with Gasteiger partial charge in [-0.05, 0) is 0 Å². The quantitative estimate of drug-likeness (QED) is 0.115. The second kappa shape index (κ2) is 23.8. The maximum Gasteiger partial charge on any atom is 0.394 e. The molecule has 1 heterocycles. The van der Waals surface area contributed by atoms with E-state index in [1.54, 1.807) is 0 Å². The summed E-state index contributed by atoms with van der Waals surface area (Å²) >= 11 is 0. The molecule has 0 saturated carbocycles. The zero-order valence-electron chi connectivity index (χ0n) is 20.9. The van der Waals surface area contributed by atoms with E-state index in [-0.39, 0.29) is 0 Å². The van der Waals surface area contributed by atoms with Crippen molar-refractivity contribution in [3.8, 4) is 0 Å². The monoisotopic (exact) mass is 809 g/mol. The van der Waals surface area contributed by atoms with E-state index in [4.69, 9.17) is 115 Å². The molecule has 1 fully saturated rings. The second-order valence-corrected chi connectivity index (χ2v) is 11.5. The van der Waals surface area contributed by atoms with Crippen LogP contribution in [0.5, 0.6) is 0 Å². The molecule has 0 bridgehead atoms. The van der Waals surface area contributed by atoms with Crippen LogP contribution in [0.15, 0.2) is 0 Å². The summed E-state index contributed by atoms with van der Waals surface area (Å²) in [5, 5.41) is 39.4. The number of aliphatic hydroxyl groups is 4. The van der Waals surface area contributed by atoms with Crippen molar-refractivity contribution in [2.45, 2.75) is 37.6 Å². The highest BCUT2D eigenvalue weighted by atomic mass is 32.3. The third kappa shape index (κ3) is 116. The highest BCUT2D eigenvalue weighted by Crippen LogP contribution is 2.19. The summed E-state index contributed by atoms with van der Waals surface area (Å²) in [5.74, 6) is -0.462. The normalized spacial score (nSPS) is 21.5. The number of nitrogens with one attached hydrogen (secondary N) is 1. The van der Waals surface area contributed by atoms with Gasteiger partial charge in [-0.25, -0.2) is 0 Å². The predicted octanol–water partition coefficient (Wildman–Crippen LogP) is -6.99. The fourth-order valence-electron chi connectivity index (χ4n) is 1.49. The van der Waals surface area contributed by atoms with Gasteiger partial charge in [0, 0.05) is 6.92 Å². The van der Waals surface area contributed by atoms with E-state index in [1.165, 1.54) is 6.92 Å². The Balaban J connectivity index is -0.000000107. The van der Waals surface area contributed by atoms with Crippen LogP contribution in [-0.2, 0) is 71.9 Å². The fourth-order valence-corrected chi connectivity index (χ4v) is 1.49. The van der Waals surface area contributed by atoms with Crippen LogP contribution in [0.3, 0.4) is 0 Å². The largest absolute Gasteiger partial charge is 0.394 e. The highest BCUT2D eigenvalue weighted by Gasteiger charge is 2.43. The maximum atomic E-state index is 10.7. The van der Waals surface area contributed by atoms with Crippen LogP contribution < -0.4 is 5.32 Å². The summed E-state index contributed by atoms with van der Waals surface area (Å²) in [6.45, 7) is 0.687. The molecular formula is C8H27NO30S6. The lowest BCUT2D eigenvalue weighted by molar-refractivity contribution is -0.253. The molecule has 0 spiro atoms. The molecule has 0 aromatic heterocycles. The van der Waals surface area contributed by atoms with Crippen LogP contribution in [-0.4, -0.2) is 169 Å². The van der Waals surface area contributed by atoms with Gasteiger partial charge in [0.2, 0.25) is 5.91 Å². The Hall–Kier alpha value is -1.51. The number of rotatable bonds is 2. The Morgan fingerprint density at radius 2 is 0.733 bits per heavy atom. The van der Waals surface area contributed by atoms with Crippen molar-refractivity contribution < 1.29 is 135 Å². The Kier molecular flexibility index (Phi) is 29.5. The Morgan fingerprint density at radius 1 is 0.533 bits per heavy atom. The molecule has 17 N–H and O–H groups in total. The zero-order valence-corrected chi connectivity index (χ0v) is 25.8. The summed E-state index contributed by atoms with van der Waals surface area (Å²) in [5.41, 5.74) is 0. The van der Waals surface area contributed by atoms with E-state index in [0.717, 1.165) is 0 Å². The van der Waals surface area contributed by atoms with Crippen LogP contribution in [0.25, 0.3) is 0 Å². The summed E-state index contributed by atoms with van der Waals surface area (Å²) in [6.07, 6.45) is -5.24. The standard InChI is InChI=1S/C8H15NO6.6H2O4S/c1-3(11)9-5-7(13)6(12)4(2-10)15-8(5)14;6*1-5(2,3)4/h4-8,10,12-14H,2H2,1H3,(H,9,11);6*(H2,1,2,3,4)/t4-,5-,6+,7-,8?;;;;;;/m1....../s1. The van der Waals surface area contributed by atoms with Gasteiger partial charge in [0.25, 0.3) is 0 Å². The van der Waals surface area contributed by atoms with Crippen molar-refractivity contribution in [1.29, 1.82) is 0 Å². The van der Waals surface area contributed by atoms with Gasteiger partial charge in [-0.3, -0.25) is 59.4 Å². The van der Waals surface area contributed by atoms with E-state index < -0.39 is 106 Å². The molecule has 280 valence electrons. The predicted molar refractivity (Wildman–Crippen MR) is 133 cm³/mol. The minimum absolute atomic E-state index is 0.462. The number of hydrogen-bond acceptors (Lipinski definition) is 18. The highest BCUT2D eigenvalue weighted by molar-refractivity contribution is 7.81. The minimum atomic E-state index is -4.67. The lowest BCUT2D eigenvalue weighted by Gasteiger charge is -2.40. The van der Waals surface area contributed by atoms with E-state index >= 15 is 0 Å². The molecule has 1 amide bonds. The number of amides is 1. The number of carbonyl (C=O) groups is 1. The third-order valence-corrected chi connectivity index (χ3v) is 2.27. The molecule has 37 heteroatoms. The molecule has 0 aromatic rings. The second-order valence-electron chi connectivity index (χ2n) is 6.14. The van der Waals surface area contributed by atoms with E-state index in [0.29, 0.717) is 0 Å². The number of aliphatic hydroxyl groups excluding tert-OH is 4. The van der Waals surface area contributed by atoms with E-state index in [1.807, 2.05) is 0 Å². The molecule has 1 saturated heterocycles. The summed E-state index contributed by atoms with van der Waals surface area (Å²) < 4.78 is 194. The van der Waals surface area contributed by atoms with Crippen molar-refractivity contribution in [3.63, 3.8) is 0 Å². The number of hydrogen-bond donors (Lipinski definition) is 17. The van der Waals surface area contributed by atoms with Crippen molar-refractivity contribution in [3.05, 3.63) is 0 Å². The molecule has 1 aliphatic heterocycles. The lowest BCUT2D eigenvalue weighted by atomic mass is 9.97. The van der Waals surface area contributed by atoms with Crippen LogP contribution in [0.4, 0.5) is 0 Å². The zero-order chi connectivity index (χ0) is 38.6. The molecule has 0 aromatic carbocycles. The van der Waals surface area contributed by atoms with Gasteiger partial charge in [-0.15, -0.1) is 0 Å². The van der Waals surface area contributed by atoms with Crippen LogP contribution >= 0.6 is 0 Å². The van der Waals surface area contributed by atoms with Gasteiger partial charge >= 0.3 is 62.4 Å². The van der Waals surface area contributed by atoms with Gasteiger partial charge in [0.15, 0.2) is 6.29 Å². The number of ether oxygens (including phenoxy) is 1. The average molecular weight is 810 g/mol. The topological polar surface area (TPSA) is 567 Å². The molecular weight excluding hydrogens is 782 g/mol. The van der Waals surface area contributed by atoms with E-state index in [2.05, 4.69) is 5.32 Å². The van der Waals surface area contributed by atoms with Crippen LogP contribution in [0.2, 0.25) is 0 Å². The minimum Gasteiger partial charge on any atom is -0.394 e. The lowest BCUT2D eigenvalue weighted by Crippen LogP contribution is -2.63. The average Bonchev–Trinajstić information content (AvgIpc) is 2.60. The van der Waals surface area contributed by atoms with Gasteiger partial charge in [0.05, 0.1) is 6.61 Å². The molecule has 0 radical (unpaired) electrons. The van der Waals surface area contributed by atoms with Gasteiger partial charge < -0.3 is 30.5 Å². The van der Waals surface area contributed by atoms with Gasteiger partial charge in [-0.2, -0.15) is 50.5 Å². The van der Waals surface area contributed by atoms with Crippen molar-refractivity contribution in [2.75, 3.05) is 6.61 Å². The summed E-state index contributed by atoms with van der Waals surface area (Å²) in [6, 6.07) is -1.10. The van der Waals surface area contributed by atoms with Crippen LogP contribution in [0, 0.1) is 0 Å². The summed E-state index contributed by atoms with van der Waals surface area (Å²) in [7, 11) is -28.0. The van der Waals surface area contributed by atoms with Crippen molar-refractivity contribution in [2.24, 2.45) is 0 Å². The third-order valence-electron chi connectivity index (χ3n) is 2.27. The molecule has 1 rings (SSSR count).